The van der Waals surface area contributed by atoms with Crippen LogP contribution >= 0.6 is 0 Å². The molecule has 0 spiro atoms. The van der Waals surface area contributed by atoms with E-state index in [0.29, 0.717) is 9.79 Å². The van der Waals surface area contributed by atoms with Crippen LogP contribution in [-0.2, 0) is 9.84 Å². The Kier molecular flexibility index (Phi) is 2.75. The number of hydrogen-bond acceptors (Lipinski definition) is 2. The van der Waals surface area contributed by atoms with Gasteiger partial charge in [-0.05, 0) is 24.1 Å². The molecule has 3 aromatic rings. The normalized spacial score (nSPS) is 14.4. The Labute approximate surface area is 130 Å². The molecule has 0 aliphatic carbocycles. The van der Waals surface area contributed by atoms with Crippen LogP contribution in [0.1, 0.15) is 5.56 Å². The average Bonchev–Trinajstić information content (AvgIpc) is 2.78. The Morgan fingerprint density at radius 1 is 0.727 bits per heavy atom. The van der Waals surface area contributed by atoms with Gasteiger partial charge in [-0.25, -0.2) is 8.42 Å². The fourth-order valence-corrected chi connectivity index (χ4v) is 5.14. The first kappa shape index (κ1) is 13.3. The van der Waals surface area contributed by atoms with E-state index in [2.05, 4.69) is 0 Å². The second kappa shape index (κ2) is 4.55. The van der Waals surface area contributed by atoms with Gasteiger partial charge in [0, 0.05) is 16.7 Å². The molecule has 0 saturated carbocycles. The minimum atomic E-state index is -3.47. The third-order valence-electron chi connectivity index (χ3n) is 4.16. The molecular weight excluding hydrogens is 292 g/mol. The summed E-state index contributed by atoms with van der Waals surface area (Å²) in [5.74, 6) is 0. The SMILES string of the molecule is Cc1cccc2c1-c1cccc(-c3ccccc3)c1S2(=O)=O. The molecule has 0 unspecified atom stereocenters. The van der Waals surface area contributed by atoms with Crippen LogP contribution in [0.5, 0.6) is 0 Å². The Bertz CT molecular complexity index is 987. The first-order valence-corrected chi connectivity index (χ1v) is 8.62. The van der Waals surface area contributed by atoms with Crippen LogP contribution in [0, 0.1) is 6.92 Å². The van der Waals surface area contributed by atoms with Gasteiger partial charge in [-0.3, -0.25) is 0 Å². The highest BCUT2D eigenvalue weighted by Crippen LogP contribution is 2.48. The molecule has 3 heteroatoms. The van der Waals surface area contributed by atoms with Crippen molar-refractivity contribution in [3.8, 4) is 22.3 Å². The number of sulfone groups is 1. The first-order chi connectivity index (χ1) is 10.6. The van der Waals surface area contributed by atoms with Crippen LogP contribution < -0.4 is 0 Å². The van der Waals surface area contributed by atoms with Gasteiger partial charge in [0.1, 0.15) is 0 Å². The van der Waals surface area contributed by atoms with E-state index in [1.807, 2.05) is 61.5 Å². The molecule has 0 aromatic heterocycles. The van der Waals surface area contributed by atoms with E-state index < -0.39 is 9.84 Å². The van der Waals surface area contributed by atoms with Crippen molar-refractivity contribution < 1.29 is 8.42 Å². The highest BCUT2D eigenvalue weighted by molar-refractivity contribution is 7.92. The second-order valence-corrected chi connectivity index (χ2v) is 7.35. The van der Waals surface area contributed by atoms with Gasteiger partial charge >= 0.3 is 0 Å². The number of benzene rings is 3. The monoisotopic (exact) mass is 306 g/mol. The van der Waals surface area contributed by atoms with Gasteiger partial charge in [0.25, 0.3) is 0 Å². The predicted molar refractivity (Wildman–Crippen MR) is 87.5 cm³/mol. The molecule has 4 rings (SSSR count). The van der Waals surface area contributed by atoms with Crippen LogP contribution in [0.25, 0.3) is 22.3 Å². The largest absolute Gasteiger partial charge is 0.218 e. The van der Waals surface area contributed by atoms with Crippen molar-refractivity contribution in [2.45, 2.75) is 16.7 Å². The smallest absolute Gasteiger partial charge is 0.208 e. The molecule has 0 amide bonds. The summed E-state index contributed by atoms with van der Waals surface area (Å²) < 4.78 is 26.0. The van der Waals surface area contributed by atoms with E-state index in [1.165, 1.54) is 0 Å². The van der Waals surface area contributed by atoms with Crippen molar-refractivity contribution in [2.75, 3.05) is 0 Å². The molecular formula is C19H14O2S. The molecule has 2 nitrogen and oxygen atoms in total. The quantitative estimate of drug-likeness (QED) is 0.520. The van der Waals surface area contributed by atoms with Gasteiger partial charge in [0.2, 0.25) is 9.84 Å². The molecule has 0 bridgehead atoms. The molecule has 0 N–H and O–H groups in total. The summed E-state index contributed by atoms with van der Waals surface area (Å²) in [6.45, 7) is 1.96. The molecule has 22 heavy (non-hydrogen) atoms. The van der Waals surface area contributed by atoms with Crippen molar-refractivity contribution in [3.63, 3.8) is 0 Å². The highest BCUT2D eigenvalue weighted by Gasteiger charge is 2.35. The summed E-state index contributed by atoms with van der Waals surface area (Å²) in [6.07, 6.45) is 0. The Hall–Kier alpha value is -2.39. The Morgan fingerprint density at radius 2 is 1.41 bits per heavy atom. The van der Waals surface area contributed by atoms with E-state index in [1.54, 1.807) is 12.1 Å². The van der Waals surface area contributed by atoms with Crippen LogP contribution in [0.15, 0.2) is 76.5 Å². The maximum atomic E-state index is 13.0. The van der Waals surface area contributed by atoms with E-state index >= 15 is 0 Å². The van der Waals surface area contributed by atoms with Gasteiger partial charge in [0.05, 0.1) is 9.79 Å². The lowest BCUT2D eigenvalue weighted by molar-refractivity contribution is 0.599. The van der Waals surface area contributed by atoms with Crippen molar-refractivity contribution in [2.24, 2.45) is 0 Å². The van der Waals surface area contributed by atoms with Crippen LogP contribution in [-0.4, -0.2) is 8.42 Å². The van der Waals surface area contributed by atoms with Gasteiger partial charge in [0.15, 0.2) is 0 Å². The topological polar surface area (TPSA) is 34.1 Å². The lowest BCUT2D eigenvalue weighted by Crippen LogP contribution is -1.99. The maximum Gasteiger partial charge on any atom is 0.208 e. The van der Waals surface area contributed by atoms with Crippen molar-refractivity contribution in [1.82, 2.24) is 0 Å². The molecule has 3 aromatic carbocycles. The number of fused-ring (bicyclic) bond motifs is 3. The van der Waals surface area contributed by atoms with Crippen molar-refractivity contribution in [3.05, 3.63) is 72.3 Å². The van der Waals surface area contributed by atoms with E-state index in [-0.39, 0.29) is 0 Å². The summed E-state index contributed by atoms with van der Waals surface area (Å²) in [6, 6.07) is 20.8. The fraction of sp³-hybridized carbons (Fsp3) is 0.0526. The molecule has 0 radical (unpaired) electrons. The molecule has 1 aliphatic heterocycles. The molecule has 0 atom stereocenters. The van der Waals surface area contributed by atoms with E-state index in [4.69, 9.17) is 0 Å². The van der Waals surface area contributed by atoms with E-state index in [0.717, 1.165) is 27.8 Å². The van der Waals surface area contributed by atoms with Crippen molar-refractivity contribution in [1.29, 1.82) is 0 Å². The number of hydrogen-bond donors (Lipinski definition) is 0. The van der Waals surface area contributed by atoms with E-state index in [9.17, 15) is 8.42 Å². The predicted octanol–water partition coefficient (Wildman–Crippen LogP) is 4.48. The summed E-state index contributed by atoms with van der Waals surface area (Å²) in [7, 11) is -3.47. The third kappa shape index (κ3) is 1.69. The fourth-order valence-electron chi connectivity index (χ4n) is 3.19. The zero-order chi connectivity index (χ0) is 15.3. The maximum absolute atomic E-state index is 13.0. The average molecular weight is 306 g/mol. The molecule has 1 heterocycles. The minimum Gasteiger partial charge on any atom is -0.218 e. The molecule has 0 fully saturated rings. The third-order valence-corrected chi connectivity index (χ3v) is 6.06. The summed E-state index contributed by atoms with van der Waals surface area (Å²) in [5.41, 5.74) is 4.34. The summed E-state index contributed by atoms with van der Waals surface area (Å²) in [4.78, 5) is 0.858. The minimum absolute atomic E-state index is 0.422. The number of aryl methyl sites for hydroxylation is 1. The summed E-state index contributed by atoms with van der Waals surface area (Å²) in [5, 5.41) is 0. The van der Waals surface area contributed by atoms with Gasteiger partial charge in [-0.15, -0.1) is 0 Å². The lowest BCUT2D eigenvalue weighted by atomic mass is 9.96. The highest BCUT2D eigenvalue weighted by atomic mass is 32.2. The van der Waals surface area contributed by atoms with Crippen molar-refractivity contribution >= 4 is 9.84 Å². The zero-order valence-corrected chi connectivity index (χ0v) is 12.9. The first-order valence-electron chi connectivity index (χ1n) is 7.14. The molecule has 108 valence electrons. The van der Waals surface area contributed by atoms with Crippen LogP contribution in [0.2, 0.25) is 0 Å². The van der Waals surface area contributed by atoms with Gasteiger partial charge in [-0.1, -0.05) is 60.7 Å². The zero-order valence-electron chi connectivity index (χ0n) is 12.1. The van der Waals surface area contributed by atoms with Gasteiger partial charge < -0.3 is 0 Å². The second-order valence-electron chi connectivity index (χ2n) is 5.50. The van der Waals surface area contributed by atoms with Crippen LogP contribution in [0.4, 0.5) is 0 Å². The van der Waals surface area contributed by atoms with Gasteiger partial charge in [-0.2, -0.15) is 0 Å². The molecule has 0 saturated heterocycles. The summed E-state index contributed by atoms with van der Waals surface area (Å²) >= 11 is 0. The molecule has 1 aliphatic rings. The number of rotatable bonds is 1. The standard InChI is InChI=1S/C19H14O2S/c1-13-7-5-12-17-18(13)16-11-6-10-15(19(16)22(17,20)21)14-8-3-2-4-9-14/h2-12H,1H3. The van der Waals surface area contributed by atoms with Crippen LogP contribution in [0.3, 0.4) is 0 Å². The Morgan fingerprint density at radius 3 is 2.18 bits per heavy atom. The Balaban J connectivity index is 2.13. The lowest BCUT2D eigenvalue weighted by Gasteiger charge is -2.08.